The monoisotopic (exact) mass is 295 g/mol. The van der Waals surface area contributed by atoms with Crippen molar-refractivity contribution in [2.75, 3.05) is 13.2 Å². The minimum atomic E-state index is 0.0634. The fourth-order valence-electron chi connectivity index (χ4n) is 2.83. The highest BCUT2D eigenvalue weighted by Crippen LogP contribution is 2.32. The highest BCUT2D eigenvalue weighted by molar-refractivity contribution is 7.10. The van der Waals surface area contributed by atoms with Crippen LogP contribution in [0.5, 0.6) is 0 Å². The normalized spacial score (nSPS) is 19.4. The molecule has 0 bridgehead atoms. The van der Waals surface area contributed by atoms with Crippen molar-refractivity contribution < 1.29 is 9.90 Å². The second-order valence-electron chi connectivity index (χ2n) is 5.90. The summed E-state index contributed by atoms with van der Waals surface area (Å²) in [4.78, 5) is 13.7. The molecule has 1 amide bonds. The standard InChI is InChI=1S/C16H25NO2S/c1-3-12(6-7-18)9-17-16(19)14-10-20-15-8-11(2)4-5-13(14)15/h10-12,18H,3-9H2,1-2H3,(H,17,19). The van der Waals surface area contributed by atoms with E-state index in [2.05, 4.69) is 19.2 Å². The Kier molecular flexibility index (Phi) is 5.61. The Morgan fingerprint density at radius 2 is 2.40 bits per heavy atom. The van der Waals surface area contributed by atoms with Crippen LogP contribution in [0.1, 0.15) is 53.9 Å². The van der Waals surface area contributed by atoms with Crippen LogP contribution in [0.15, 0.2) is 5.38 Å². The Balaban J connectivity index is 1.96. The fourth-order valence-corrected chi connectivity index (χ4v) is 4.08. The smallest absolute Gasteiger partial charge is 0.252 e. The van der Waals surface area contributed by atoms with Crippen molar-refractivity contribution in [2.45, 2.75) is 46.0 Å². The van der Waals surface area contributed by atoms with Crippen LogP contribution in [-0.4, -0.2) is 24.2 Å². The summed E-state index contributed by atoms with van der Waals surface area (Å²) < 4.78 is 0. The van der Waals surface area contributed by atoms with Gasteiger partial charge in [0.1, 0.15) is 0 Å². The van der Waals surface area contributed by atoms with E-state index in [1.54, 1.807) is 11.3 Å². The number of rotatable bonds is 6. The number of hydrogen-bond donors (Lipinski definition) is 2. The van der Waals surface area contributed by atoms with Gasteiger partial charge in [0.15, 0.2) is 0 Å². The van der Waals surface area contributed by atoms with Crippen LogP contribution in [0.2, 0.25) is 0 Å². The van der Waals surface area contributed by atoms with Gasteiger partial charge in [-0.15, -0.1) is 11.3 Å². The van der Waals surface area contributed by atoms with Gasteiger partial charge in [0, 0.05) is 23.4 Å². The maximum absolute atomic E-state index is 12.3. The molecular weight excluding hydrogens is 270 g/mol. The lowest BCUT2D eigenvalue weighted by Gasteiger charge is -2.19. The average molecular weight is 295 g/mol. The molecule has 20 heavy (non-hydrogen) atoms. The van der Waals surface area contributed by atoms with Crippen molar-refractivity contribution in [3.8, 4) is 0 Å². The summed E-state index contributed by atoms with van der Waals surface area (Å²) >= 11 is 1.73. The first-order valence-electron chi connectivity index (χ1n) is 7.64. The molecule has 4 heteroatoms. The Morgan fingerprint density at radius 3 is 3.10 bits per heavy atom. The van der Waals surface area contributed by atoms with Gasteiger partial charge in [-0.1, -0.05) is 20.3 Å². The van der Waals surface area contributed by atoms with Crippen LogP contribution >= 0.6 is 11.3 Å². The Hall–Kier alpha value is -0.870. The van der Waals surface area contributed by atoms with Gasteiger partial charge in [0.25, 0.3) is 5.91 Å². The van der Waals surface area contributed by atoms with Gasteiger partial charge in [-0.25, -0.2) is 0 Å². The first kappa shape index (κ1) is 15.5. The van der Waals surface area contributed by atoms with E-state index < -0.39 is 0 Å². The predicted molar refractivity (Wildman–Crippen MR) is 83.3 cm³/mol. The van der Waals surface area contributed by atoms with Crippen molar-refractivity contribution in [3.05, 3.63) is 21.4 Å². The lowest BCUT2D eigenvalue weighted by molar-refractivity contribution is 0.0942. The molecule has 0 saturated heterocycles. The van der Waals surface area contributed by atoms with Crippen LogP contribution < -0.4 is 5.32 Å². The van der Waals surface area contributed by atoms with Crippen LogP contribution in [0, 0.1) is 11.8 Å². The molecule has 2 rings (SSSR count). The van der Waals surface area contributed by atoms with Crippen LogP contribution in [0.25, 0.3) is 0 Å². The average Bonchev–Trinajstić information content (AvgIpc) is 2.85. The molecule has 1 aliphatic carbocycles. The van der Waals surface area contributed by atoms with Crippen LogP contribution in [-0.2, 0) is 12.8 Å². The first-order chi connectivity index (χ1) is 9.65. The topological polar surface area (TPSA) is 49.3 Å². The third kappa shape index (κ3) is 3.61. The van der Waals surface area contributed by atoms with Crippen molar-refractivity contribution in [2.24, 2.45) is 11.8 Å². The van der Waals surface area contributed by atoms with Gasteiger partial charge in [-0.3, -0.25) is 4.79 Å². The molecule has 112 valence electrons. The summed E-state index contributed by atoms with van der Waals surface area (Å²) in [7, 11) is 0. The summed E-state index contributed by atoms with van der Waals surface area (Å²) in [6.07, 6.45) is 5.09. The molecule has 1 heterocycles. The van der Waals surface area contributed by atoms with Gasteiger partial charge in [0.2, 0.25) is 0 Å². The molecule has 0 saturated carbocycles. The number of thiophene rings is 1. The number of fused-ring (bicyclic) bond motifs is 1. The molecule has 0 spiro atoms. The zero-order chi connectivity index (χ0) is 14.5. The van der Waals surface area contributed by atoms with Crippen LogP contribution in [0.3, 0.4) is 0 Å². The second kappa shape index (κ2) is 7.23. The number of aliphatic hydroxyl groups is 1. The zero-order valence-corrected chi connectivity index (χ0v) is 13.3. The highest BCUT2D eigenvalue weighted by Gasteiger charge is 2.23. The van der Waals surface area contributed by atoms with E-state index in [0.717, 1.165) is 37.2 Å². The Morgan fingerprint density at radius 1 is 1.60 bits per heavy atom. The van der Waals surface area contributed by atoms with Crippen molar-refractivity contribution in [3.63, 3.8) is 0 Å². The van der Waals surface area contributed by atoms with Gasteiger partial charge in [0.05, 0.1) is 5.56 Å². The third-order valence-corrected chi connectivity index (χ3v) is 5.36. The summed E-state index contributed by atoms with van der Waals surface area (Å²) in [6.45, 7) is 5.24. The van der Waals surface area contributed by atoms with E-state index >= 15 is 0 Å². The zero-order valence-electron chi connectivity index (χ0n) is 12.4. The molecule has 1 aliphatic rings. The second-order valence-corrected chi connectivity index (χ2v) is 6.86. The molecule has 2 unspecified atom stereocenters. The van der Waals surface area contributed by atoms with E-state index in [9.17, 15) is 4.79 Å². The molecule has 2 N–H and O–H groups in total. The number of hydrogen-bond acceptors (Lipinski definition) is 3. The quantitative estimate of drug-likeness (QED) is 0.847. The van der Waals surface area contributed by atoms with Crippen molar-refractivity contribution in [1.82, 2.24) is 5.32 Å². The van der Waals surface area contributed by atoms with Gasteiger partial charge >= 0.3 is 0 Å². The summed E-state index contributed by atoms with van der Waals surface area (Å²) in [5.41, 5.74) is 2.16. The van der Waals surface area contributed by atoms with E-state index in [4.69, 9.17) is 5.11 Å². The van der Waals surface area contributed by atoms with Gasteiger partial charge < -0.3 is 10.4 Å². The SMILES string of the molecule is CCC(CCO)CNC(=O)c1csc2c1CCC(C)C2. The molecule has 1 aromatic heterocycles. The molecule has 0 fully saturated rings. The lowest BCUT2D eigenvalue weighted by atomic mass is 9.88. The van der Waals surface area contributed by atoms with E-state index in [1.165, 1.54) is 16.9 Å². The minimum Gasteiger partial charge on any atom is -0.396 e. The predicted octanol–water partition coefficient (Wildman–Crippen LogP) is 3.01. The molecule has 2 atom stereocenters. The maximum atomic E-state index is 12.3. The third-order valence-electron chi connectivity index (χ3n) is 4.31. The van der Waals surface area contributed by atoms with E-state index in [-0.39, 0.29) is 12.5 Å². The molecular formula is C16H25NO2S. The molecule has 0 aromatic carbocycles. The Bertz CT molecular complexity index is 455. The summed E-state index contributed by atoms with van der Waals surface area (Å²) in [5, 5.41) is 14.0. The van der Waals surface area contributed by atoms with Crippen molar-refractivity contribution >= 4 is 17.2 Å². The number of aliphatic hydroxyl groups excluding tert-OH is 1. The summed E-state index contributed by atoms with van der Waals surface area (Å²) in [6, 6.07) is 0. The molecule has 0 radical (unpaired) electrons. The first-order valence-corrected chi connectivity index (χ1v) is 8.51. The Labute approximate surface area is 125 Å². The molecule has 0 aliphatic heterocycles. The minimum absolute atomic E-state index is 0.0634. The number of carbonyl (C=O) groups is 1. The molecule has 3 nitrogen and oxygen atoms in total. The van der Waals surface area contributed by atoms with Crippen molar-refractivity contribution in [1.29, 1.82) is 0 Å². The maximum Gasteiger partial charge on any atom is 0.252 e. The van der Waals surface area contributed by atoms with E-state index in [0.29, 0.717) is 12.5 Å². The number of nitrogens with one attached hydrogen (secondary N) is 1. The van der Waals surface area contributed by atoms with Crippen LogP contribution in [0.4, 0.5) is 0 Å². The molecule has 1 aromatic rings. The highest BCUT2D eigenvalue weighted by atomic mass is 32.1. The van der Waals surface area contributed by atoms with Gasteiger partial charge in [-0.2, -0.15) is 0 Å². The largest absolute Gasteiger partial charge is 0.396 e. The number of amides is 1. The number of carbonyl (C=O) groups excluding carboxylic acids is 1. The lowest BCUT2D eigenvalue weighted by Crippen LogP contribution is -2.30. The summed E-state index contributed by atoms with van der Waals surface area (Å²) in [5.74, 6) is 1.18. The van der Waals surface area contributed by atoms with Gasteiger partial charge in [-0.05, 0) is 43.1 Å². The van der Waals surface area contributed by atoms with E-state index in [1.807, 2.05) is 5.38 Å². The fraction of sp³-hybridized carbons (Fsp3) is 0.688.